The molecule has 5 N–H and O–H groups in total. The lowest BCUT2D eigenvalue weighted by molar-refractivity contribution is -0.136. The quantitative estimate of drug-likeness (QED) is 0.225. The van der Waals surface area contributed by atoms with E-state index in [1.54, 1.807) is 0 Å². The molecule has 0 radical (unpaired) electrons. The molecule has 0 bridgehead atoms. The molecule has 0 unspecified atom stereocenters. The lowest BCUT2D eigenvalue weighted by Gasteiger charge is -2.22. The van der Waals surface area contributed by atoms with Crippen LogP contribution in [-0.4, -0.2) is 62.8 Å². The summed E-state index contributed by atoms with van der Waals surface area (Å²) in [6.07, 6.45) is -6.84. The van der Waals surface area contributed by atoms with Crippen molar-refractivity contribution < 1.29 is 30.3 Å². The van der Waals surface area contributed by atoms with E-state index in [4.69, 9.17) is 25.5 Å². The summed E-state index contributed by atoms with van der Waals surface area (Å²) in [5.74, 6) is 0. The smallest absolute Gasteiger partial charge is 0.151 e. The van der Waals surface area contributed by atoms with Crippen LogP contribution in [0.1, 0.15) is 0 Å². The van der Waals surface area contributed by atoms with Crippen molar-refractivity contribution >= 4 is 6.29 Å². The zero-order valence-electron chi connectivity index (χ0n) is 6.24. The van der Waals surface area contributed by atoms with Crippen LogP contribution in [0.25, 0.3) is 0 Å². The Balaban J connectivity index is 4.07. The molecule has 0 fully saturated rings. The van der Waals surface area contributed by atoms with E-state index < -0.39 is 31.0 Å². The van der Waals surface area contributed by atoms with Crippen LogP contribution < -0.4 is 0 Å². The van der Waals surface area contributed by atoms with Gasteiger partial charge in [0.25, 0.3) is 0 Å². The molecule has 72 valence electrons. The molecule has 0 rings (SSSR count). The van der Waals surface area contributed by atoms with Gasteiger partial charge in [0.2, 0.25) is 0 Å². The SMILES string of the molecule is O=C[C@@H](O)[C@@H]([18OH])[C@@H]([18OH])[C@H](O)CO. The first kappa shape index (κ1) is 11.5. The molecule has 6 nitrogen and oxygen atoms in total. The van der Waals surface area contributed by atoms with Gasteiger partial charge in [-0.2, -0.15) is 0 Å². The number of hydrogen-bond donors (Lipinski definition) is 5. The van der Waals surface area contributed by atoms with E-state index in [1.807, 2.05) is 0 Å². The number of carbonyl (C=O) groups is 1. The zero-order valence-corrected chi connectivity index (χ0v) is 6.24. The topological polar surface area (TPSA) is 118 Å². The van der Waals surface area contributed by atoms with Gasteiger partial charge in [-0.1, -0.05) is 0 Å². The standard InChI is InChI=1S/C6H12O6/c7-1-3(9)5(11)6(12)4(10)2-8/h1,3-6,8-12H,2H2/t3-,4-,5-,6+/m1/s1/i11+2,12+2. The van der Waals surface area contributed by atoms with E-state index in [-0.39, 0.29) is 6.29 Å². The molecule has 0 saturated heterocycles. The first-order valence-corrected chi connectivity index (χ1v) is 3.33. The largest absolute Gasteiger partial charge is 0.394 e. The Morgan fingerprint density at radius 2 is 1.75 bits per heavy atom. The van der Waals surface area contributed by atoms with Crippen molar-refractivity contribution in [2.24, 2.45) is 0 Å². The van der Waals surface area contributed by atoms with Gasteiger partial charge >= 0.3 is 0 Å². The van der Waals surface area contributed by atoms with Crippen molar-refractivity contribution in [2.45, 2.75) is 24.4 Å². The Labute approximate surface area is 68.7 Å². The maximum Gasteiger partial charge on any atom is 0.151 e. The lowest BCUT2D eigenvalue weighted by atomic mass is 10.1. The van der Waals surface area contributed by atoms with Crippen LogP contribution in [-0.2, 0) is 4.79 Å². The fourth-order valence-corrected chi connectivity index (χ4v) is 0.618. The summed E-state index contributed by atoms with van der Waals surface area (Å²) in [4.78, 5) is 9.90. The molecule has 0 aliphatic heterocycles. The molecular formula is C6H12O6. The molecule has 0 aromatic carbocycles. The molecule has 0 amide bonds. The molecule has 12 heavy (non-hydrogen) atoms. The number of carbonyl (C=O) groups excluding carboxylic acids is 1. The Kier molecular flexibility index (Phi) is 4.95. The third-order valence-corrected chi connectivity index (χ3v) is 1.42. The van der Waals surface area contributed by atoms with E-state index in [0.717, 1.165) is 0 Å². The molecular weight excluding hydrogens is 172 g/mol. The Hall–Kier alpha value is -0.530. The van der Waals surface area contributed by atoms with Gasteiger partial charge in [0.05, 0.1) is 6.61 Å². The average Bonchev–Trinajstić information content (AvgIpc) is 2.12. The molecule has 0 aliphatic rings. The van der Waals surface area contributed by atoms with Crippen molar-refractivity contribution in [3.8, 4) is 0 Å². The second kappa shape index (κ2) is 5.18. The van der Waals surface area contributed by atoms with Gasteiger partial charge in [-0.25, -0.2) is 0 Å². The first-order valence-electron chi connectivity index (χ1n) is 3.33. The van der Waals surface area contributed by atoms with Crippen molar-refractivity contribution in [3.63, 3.8) is 0 Å². The molecule has 0 aromatic heterocycles. The Bertz CT molecular complexity index is 138. The number of aliphatic hydroxyl groups is 5. The van der Waals surface area contributed by atoms with Crippen LogP contribution in [0.4, 0.5) is 0 Å². The lowest BCUT2D eigenvalue weighted by Crippen LogP contribution is -2.46. The van der Waals surface area contributed by atoms with Crippen molar-refractivity contribution in [1.82, 2.24) is 0 Å². The second-order valence-electron chi connectivity index (χ2n) is 2.36. The van der Waals surface area contributed by atoms with Gasteiger partial charge in [-0.05, 0) is 0 Å². The van der Waals surface area contributed by atoms with Crippen LogP contribution in [0.3, 0.4) is 0 Å². The highest BCUT2D eigenvalue weighted by atomic mass is 18.2. The van der Waals surface area contributed by atoms with Gasteiger partial charge in [-0.3, -0.25) is 0 Å². The third kappa shape index (κ3) is 2.84. The normalized spacial score (nSPS) is 21.1. The number of rotatable bonds is 5. The van der Waals surface area contributed by atoms with Crippen LogP contribution in [0.5, 0.6) is 0 Å². The highest BCUT2D eigenvalue weighted by Crippen LogP contribution is 2.02. The molecule has 0 aromatic rings. The van der Waals surface area contributed by atoms with Gasteiger partial charge in [0, 0.05) is 0 Å². The second-order valence-corrected chi connectivity index (χ2v) is 2.36. The van der Waals surface area contributed by atoms with E-state index in [0.29, 0.717) is 0 Å². The minimum atomic E-state index is -1.79. The molecule has 4 atom stereocenters. The number of aliphatic hydroxyl groups excluding tert-OH is 5. The summed E-state index contributed by atoms with van der Waals surface area (Å²) in [5, 5.41) is 43.5. The Morgan fingerprint density at radius 1 is 1.25 bits per heavy atom. The van der Waals surface area contributed by atoms with Gasteiger partial charge in [-0.15, -0.1) is 0 Å². The van der Waals surface area contributed by atoms with E-state index in [1.165, 1.54) is 0 Å². The molecule has 0 saturated carbocycles. The van der Waals surface area contributed by atoms with Crippen LogP contribution in [0, 0.1) is 0 Å². The van der Waals surface area contributed by atoms with Gasteiger partial charge < -0.3 is 30.3 Å². The summed E-state index contributed by atoms with van der Waals surface area (Å²) in [7, 11) is 0. The molecule has 0 aliphatic carbocycles. The van der Waals surface area contributed by atoms with Gasteiger partial charge in [0.15, 0.2) is 6.29 Å². The number of aldehydes is 1. The monoisotopic (exact) mass is 184 g/mol. The predicted octanol–water partition coefficient (Wildman–Crippen LogP) is -3.38. The third-order valence-electron chi connectivity index (χ3n) is 1.42. The Morgan fingerprint density at radius 3 is 2.08 bits per heavy atom. The van der Waals surface area contributed by atoms with Gasteiger partial charge in [0.1, 0.15) is 24.4 Å². The highest BCUT2D eigenvalue weighted by Gasteiger charge is 2.29. The summed E-state index contributed by atoms with van der Waals surface area (Å²) in [6, 6.07) is 0. The van der Waals surface area contributed by atoms with Crippen LogP contribution >= 0.6 is 0 Å². The maximum absolute atomic E-state index is 9.90. The molecule has 0 heterocycles. The summed E-state index contributed by atoms with van der Waals surface area (Å²) in [5.41, 5.74) is 0. The highest BCUT2D eigenvalue weighted by molar-refractivity contribution is 5.56. The fraction of sp³-hybridized carbons (Fsp3) is 0.833. The predicted molar refractivity (Wildman–Crippen MR) is 37.2 cm³/mol. The summed E-state index contributed by atoms with van der Waals surface area (Å²) in [6.45, 7) is -0.760. The van der Waals surface area contributed by atoms with Crippen LogP contribution in [0.2, 0.25) is 0 Å². The van der Waals surface area contributed by atoms with Crippen molar-refractivity contribution in [1.29, 1.82) is 0 Å². The zero-order chi connectivity index (χ0) is 9.72. The van der Waals surface area contributed by atoms with Crippen LogP contribution in [0.15, 0.2) is 0 Å². The van der Waals surface area contributed by atoms with Crippen molar-refractivity contribution in [3.05, 3.63) is 0 Å². The van der Waals surface area contributed by atoms with E-state index in [9.17, 15) is 4.79 Å². The van der Waals surface area contributed by atoms with E-state index in [2.05, 4.69) is 0 Å². The minimum absolute atomic E-state index is 0.0258. The first-order chi connectivity index (χ1) is 5.54. The molecule has 0 spiro atoms. The summed E-state index contributed by atoms with van der Waals surface area (Å²) >= 11 is 0. The van der Waals surface area contributed by atoms with E-state index >= 15 is 0 Å². The number of hydrogen-bond acceptors (Lipinski definition) is 6. The minimum Gasteiger partial charge on any atom is -0.394 e. The maximum atomic E-state index is 9.90. The van der Waals surface area contributed by atoms with Crippen molar-refractivity contribution in [2.75, 3.05) is 6.61 Å². The summed E-state index contributed by atoms with van der Waals surface area (Å²) < 4.78 is 0. The average molecular weight is 184 g/mol. The fourth-order valence-electron chi connectivity index (χ4n) is 0.618. The molecule has 6 heteroatoms.